The van der Waals surface area contributed by atoms with Crippen molar-refractivity contribution in [2.75, 3.05) is 6.54 Å². The van der Waals surface area contributed by atoms with E-state index in [4.69, 9.17) is 4.98 Å². The summed E-state index contributed by atoms with van der Waals surface area (Å²) in [6, 6.07) is 15.7. The Morgan fingerprint density at radius 2 is 1.90 bits per heavy atom. The van der Waals surface area contributed by atoms with Gasteiger partial charge in [-0.25, -0.2) is 9.97 Å². The molecule has 0 spiro atoms. The molecule has 0 bridgehead atoms. The van der Waals surface area contributed by atoms with Gasteiger partial charge in [0.25, 0.3) is 5.91 Å². The van der Waals surface area contributed by atoms with Crippen molar-refractivity contribution in [1.82, 2.24) is 19.9 Å². The van der Waals surface area contributed by atoms with Crippen molar-refractivity contribution in [3.63, 3.8) is 0 Å². The van der Waals surface area contributed by atoms with Gasteiger partial charge in [-0.05, 0) is 68.5 Å². The van der Waals surface area contributed by atoms with Crippen LogP contribution in [0.2, 0.25) is 0 Å². The Balaban J connectivity index is 1.16. The third-order valence-electron chi connectivity index (χ3n) is 5.60. The molecule has 5 nitrogen and oxygen atoms in total. The third kappa shape index (κ3) is 3.87. The molecule has 0 atom stereocenters. The van der Waals surface area contributed by atoms with Crippen LogP contribution >= 0.6 is 11.3 Å². The summed E-state index contributed by atoms with van der Waals surface area (Å²) in [5, 5.41) is 4.25. The van der Waals surface area contributed by atoms with Crippen LogP contribution in [0.5, 0.6) is 0 Å². The van der Waals surface area contributed by atoms with Crippen LogP contribution in [0.3, 0.4) is 0 Å². The predicted molar refractivity (Wildman–Crippen MR) is 120 cm³/mol. The van der Waals surface area contributed by atoms with E-state index in [1.807, 2.05) is 70.8 Å². The molecule has 1 N–H and O–H groups in total. The number of aromatic nitrogens is 3. The lowest BCUT2D eigenvalue weighted by atomic mass is 10.0. The summed E-state index contributed by atoms with van der Waals surface area (Å²) in [4.78, 5) is 23.2. The molecule has 1 aliphatic rings. The topological polar surface area (TPSA) is 59.8 Å². The van der Waals surface area contributed by atoms with E-state index in [0.717, 1.165) is 36.0 Å². The van der Waals surface area contributed by atoms with E-state index in [9.17, 15) is 4.79 Å². The van der Waals surface area contributed by atoms with E-state index in [2.05, 4.69) is 10.3 Å². The zero-order chi connectivity index (χ0) is 20.3. The third-order valence-corrected chi connectivity index (χ3v) is 6.82. The highest BCUT2D eigenvalue weighted by molar-refractivity contribution is 7.11. The summed E-state index contributed by atoms with van der Waals surface area (Å²) < 4.78 is 2.03. The van der Waals surface area contributed by atoms with Crippen molar-refractivity contribution < 1.29 is 4.79 Å². The molecule has 5 rings (SSSR count). The molecule has 1 amide bonds. The number of rotatable bonds is 6. The van der Waals surface area contributed by atoms with Gasteiger partial charge < -0.3 is 5.32 Å². The van der Waals surface area contributed by atoms with E-state index in [1.165, 1.54) is 34.8 Å². The fourth-order valence-corrected chi connectivity index (χ4v) is 5.19. The van der Waals surface area contributed by atoms with Gasteiger partial charge in [0.05, 0.1) is 21.7 Å². The first kappa shape index (κ1) is 19.0. The molecular weight excluding hydrogens is 392 g/mol. The minimum atomic E-state index is -0.0320. The summed E-state index contributed by atoms with van der Waals surface area (Å²) in [7, 11) is 0. The number of imidazole rings is 1. The summed E-state index contributed by atoms with van der Waals surface area (Å²) in [6.07, 6.45) is 8.54. The van der Waals surface area contributed by atoms with Crippen LogP contribution < -0.4 is 5.32 Å². The minimum Gasteiger partial charge on any atom is -0.352 e. The van der Waals surface area contributed by atoms with E-state index in [0.29, 0.717) is 12.1 Å². The average molecular weight is 417 g/mol. The van der Waals surface area contributed by atoms with Gasteiger partial charge in [0.1, 0.15) is 6.33 Å². The molecule has 152 valence electrons. The maximum atomic E-state index is 12.5. The van der Waals surface area contributed by atoms with Crippen molar-refractivity contribution in [2.24, 2.45) is 0 Å². The number of nitrogens with one attached hydrogen (secondary N) is 1. The van der Waals surface area contributed by atoms with Crippen LogP contribution in [-0.2, 0) is 19.3 Å². The summed E-state index contributed by atoms with van der Waals surface area (Å²) >= 11 is 1.86. The predicted octanol–water partition coefficient (Wildman–Crippen LogP) is 4.72. The quantitative estimate of drug-likeness (QED) is 0.463. The molecule has 0 fully saturated rings. The number of carbonyl (C=O) groups is 1. The fourth-order valence-electron chi connectivity index (χ4n) is 3.99. The van der Waals surface area contributed by atoms with Crippen LogP contribution in [-0.4, -0.2) is 27.0 Å². The van der Waals surface area contributed by atoms with Crippen molar-refractivity contribution in [3.8, 4) is 5.69 Å². The Morgan fingerprint density at radius 1 is 1.07 bits per heavy atom. The second-order valence-electron chi connectivity index (χ2n) is 7.69. The largest absolute Gasteiger partial charge is 0.352 e. The number of hydrogen-bond donors (Lipinski definition) is 1. The molecule has 30 heavy (non-hydrogen) atoms. The number of para-hydroxylation sites is 2. The number of thiazole rings is 1. The number of hydrogen-bond acceptors (Lipinski definition) is 4. The highest BCUT2D eigenvalue weighted by Gasteiger charge is 2.15. The SMILES string of the molecule is O=C(NCCCc1nc2c(s1)CCCC2)c1ccc(-n2cnc3ccccc32)cc1. The van der Waals surface area contributed by atoms with E-state index in [-0.39, 0.29) is 5.91 Å². The Bertz CT molecular complexity index is 1150. The number of nitrogens with zero attached hydrogens (tertiary/aromatic N) is 3. The van der Waals surface area contributed by atoms with Gasteiger partial charge >= 0.3 is 0 Å². The Kier molecular flexibility index (Phi) is 5.32. The first-order valence-electron chi connectivity index (χ1n) is 10.6. The molecule has 6 heteroatoms. The Hall–Kier alpha value is -2.99. The maximum Gasteiger partial charge on any atom is 0.251 e. The van der Waals surface area contributed by atoms with Crippen molar-refractivity contribution in [2.45, 2.75) is 38.5 Å². The van der Waals surface area contributed by atoms with Crippen LogP contribution in [0.15, 0.2) is 54.9 Å². The van der Waals surface area contributed by atoms with Gasteiger partial charge in [-0.3, -0.25) is 9.36 Å². The summed E-state index contributed by atoms with van der Waals surface area (Å²) in [6.45, 7) is 0.664. The van der Waals surface area contributed by atoms with E-state index < -0.39 is 0 Å². The second-order valence-corrected chi connectivity index (χ2v) is 8.86. The van der Waals surface area contributed by atoms with Gasteiger partial charge in [0.2, 0.25) is 0 Å². The zero-order valence-electron chi connectivity index (χ0n) is 16.8. The highest BCUT2D eigenvalue weighted by Crippen LogP contribution is 2.27. The second kappa shape index (κ2) is 8.40. The average Bonchev–Trinajstić information content (AvgIpc) is 3.40. The lowest BCUT2D eigenvalue weighted by molar-refractivity contribution is 0.0953. The number of carbonyl (C=O) groups excluding carboxylic acids is 1. The molecule has 0 radical (unpaired) electrons. The lowest BCUT2D eigenvalue weighted by Crippen LogP contribution is -2.24. The van der Waals surface area contributed by atoms with Gasteiger partial charge in [0.15, 0.2) is 0 Å². The van der Waals surface area contributed by atoms with Gasteiger partial charge in [0, 0.05) is 29.1 Å². The monoisotopic (exact) mass is 416 g/mol. The molecule has 0 unspecified atom stereocenters. The first-order chi connectivity index (χ1) is 14.8. The van der Waals surface area contributed by atoms with E-state index in [1.54, 1.807) is 0 Å². The van der Waals surface area contributed by atoms with Crippen LogP contribution in [0.4, 0.5) is 0 Å². The molecule has 1 aliphatic carbocycles. The molecule has 0 saturated heterocycles. The molecule has 0 aliphatic heterocycles. The molecule has 2 aromatic carbocycles. The molecule has 2 heterocycles. The standard InChI is InChI=1S/C24H24N4OS/c29-24(25-15-5-10-23-27-20-7-2-4-9-22(20)30-23)17-11-13-18(14-12-17)28-16-26-19-6-1-3-8-21(19)28/h1,3,6,8,11-14,16H,2,4-5,7,9-10,15H2,(H,25,29). The minimum absolute atomic E-state index is 0.0320. The first-order valence-corrected chi connectivity index (χ1v) is 11.4. The lowest BCUT2D eigenvalue weighted by Gasteiger charge is -2.07. The summed E-state index contributed by atoms with van der Waals surface area (Å²) in [5.41, 5.74) is 5.00. The van der Waals surface area contributed by atoms with Gasteiger partial charge in [-0.1, -0.05) is 12.1 Å². The molecule has 0 saturated carbocycles. The smallest absolute Gasteiger partial charge is 0.251 e. The van der Waals surface area contributed by atoms with Crippen molar-refractivity contribution in [1.29, 1.82) is 0 Å². The normalized spacial score (nSPS) is 13.3. The van der Waals surface area contributed by atoms with Crippen molar-refractivity contribution in [3.05, 3.63) is 76.0 Å². The van der Waals surface area contributed by atoms with Crippen LogP contribution in [0, 0.1) is 0 Å². The van der Waals surface area contributed by atoms with Crippen LogP contribution in [0.25, 0.3) is 16.7 Å². The van der Waals surface area contributed by atoms with E-state index >= 15 is 0 Å². The highest BCUT2D eigenvalue weighted by atomic mass is 32.1. The molecular formula is C24H24N4OS. The van der Waals surface area contributed by atoms with Crippen LogP contribution in [0.1, 0.15) is 45.2 Å². The summed E-state index contributed by atoms with van der Waals surface area (Å²) in [5.74, 6) is -0.0320. The number of benzene rings is 2. The molecule has 4 aromatic rings. The zero-order valence-corrected chi connectivity index (χ0v) is 17.6. The maximum absolute atomic E-state index is 12.5. The molecule has 2 aromatic heterocycles. The Labute approximate surface area is 179 Å². The Morgan fingerprint density at radius 3 is 2.77 bits per heavy atom. The number of amides is 1. The number of fused-ring (bicyclic) bond motifs is 2. The van der Waals surface area contributed by atoms with Gasteiger partial charge in [-0.15, -0.1) is 11.3 Å². The van der Waals surface area contributed by atoms with Gasteiger partial charge in [-0.2, -0.15) is 0 Å². The van der Waals surface area contributed by atoms with Crippen molar-refractivity contribution >= 4 is 28.3 Å². The number of aryl methyl sites for hydroxylation is 3. The fraction of sp³-hybridized carbons (Fsp3) is 0.292.